The van der Waals surface area contributed by atoms with E-state index in [1.807, 2.05) is 36.4 Å². The van der Waals surface area contributed by atoms with Gasteiger partial charge in [-0.25, -0.2) is 0 Å². The van der Waals surface area contributed by atoms with Crippen LogP contribution in [-0.2, 0) is 0 Å². The lowest BCUT2D eigenvalue weighted by Gasteiger charge is -2.10. The van der Waals surface area contributed by atoms with E-state index >= 15 is 0 Å². The molecule has 0 saturated carbocycles. The van der Waals surface area contributed by atoms with Gasteiger partial charge in [-0.05, 0) is 62.2 Å². The Morgan fingerprint density at radius 3 is 2.12 bits per heavy atom. The van der Waals surface area contributed by atoms with E-state index in [9.17, 15) is 0 Å². The molecule has 1 N–H and O–H groups in total. The Hall–Kier alpha value is 0.160. The van der Waals surface area contributed by atoms with Gasteiger partial charge in [-0.15, -0.1) is 0 Å². The van der Waals surface area contributed by atoms with Crippen molar-refractivity contribution in [1.82, 2.24) is 0 Å². The van der Waals surface area contributed by atoms with E-state index in [0.29, 0.717) is 0 Å². The highest BCUT2D eigenvalue weighted by Gasteiger charge is 2.04. The molecule has 5 heteroatoms. The average molecular weight is 485 g/mol. The van der Waals surface area contributed by atoms with Crippen molar-refractivity contribution in [3.05, 3.63) is 54.3 Å². The summed E-state index contributed by atoms with van der Waals surface area (Å²) in [6.45, 7) is 0. The van der Waals surface area contributed by atoms with Crippen molar-refractivity contribution in [3.8, 4) is 0 Å². The van der Waals surface area contributed by atoms with Gasteiger partial charge >= 0.3 is 0 Å². The smallest absolute Gasteiger partial charge is 0.0552 e. The molecule has 0 unspecified atom stereocenters. The van der Waals surface area contributed by atoms with Gasteiger partial charge < -0.3 is 5.32 Å². The third-order valence-electron chi connectivity index (χ3n) is 2.09. The molecule has 0 radical (unpaired) electrons. The average Bonchev–Trinajstić information content (AvgIpc) is 2.23. The topological polar surface area (TPSA) is 12.0 Å². The van der Waals surface area contributed by atoms with Crippen molar-refractivity contribution in [3.63, 3.8) is 0 Å². The van der Waals surface area contributed by atoms with Crippen LogP contribution in [0, 0.1) is 0 Å². The van der Waals surface area contributed by atoms with Crippen LogP contribution in [0.3, 0.4) is 0 Å². The molecule has 0 aliphatic rings. The quantitative estimate of drug-likeness (QED) is 0.514. The Labute approximate surface area is 134 Å². The van der Waals surface area contributed by atoms with Crippen molar-refractivity contribution in [2.24, 2.45) is 0 Å². The molecule has 17 heavy (non-hydrogen) atoms. The van der Waals surface area contributed by atoms with Crippen LogP contribution < -0.4 is 5.32 Å². The Balaban J connectivity index is 2.34. The largest absolute Gasteiger partial charge is 0.355 e. The van der Waals surface area contributed by atoms with Crippen LogP contribution in [0.2, 0.25) is 0 Å². The molecule has 0 atom stereocenters. The number of hydrogen-bond acceptors (Lipinski definition) is 1. The highest BCUT2D eigenvalue weighted by Crippen LogP contribution is 2.33. The number of anilines is 2. The molecule has 0 fully saturated rings. The van der Waals surface area contributed by atoms with E-state index in [2.05, 4.69) is 69.0 Å². The van der Waals surface area contributed by atoms with Crippen LogP contribution in [-0.4, -0.2) is 0 Å². The summed E-state index contributed by atoms with van der Waals surface area (Å²) in [7, 11) is 0. The van der Waals surface area contributed by atoms with Gasteiger partial charge in [0.25, 0.3) is 0 Å². The van der Waals surface area contributed by atoms with E-state index < -0.39 is 0 Å². The third-order valence-corrected chi connectivity index (χ3v) is 5.06. The monoisotopic (exact) mass is 481 g/mol. The molecule has 0 spiro atoms. The molecule has 0 saturated heterocycles. The van der Waals surface area contributed by atoms with Gasteiger partial charge in [0.1, 0.15) is 0 Å². The second-order valence-corrected chi connectivity index (χ2v) is 6.86. The fourth-order valence-electron chi connectivity index (χ4n) is 1.38. The van der Waals surface area contributed by atoms with Crippen molar-refractivity contribution in [2.75, 3.05) is 5.32 Å². The number of nitrogens with one attached hydrogen (secondary N) is 1. The normalized spacial score (nSPS) is 10.4. The summed E-state index contributed by atoms with van der Waals surface area (Å²) in [6, 6.07) is 12.1. The van der Waals surface area contributed by atoms with Gasteiger partial charge in [-0.3, -0.25) is 0 Å². The van der Waals surface area contributed by atoms with Crippen molar-refractivity contribution in [1.29, 1.82) is 0 Å². The van der Waals surface area contributed by atoms with Gasteiger partial charge in [-0.1, -0.05) is 37.9 Å². The van der Waals surface area contributed by atoms with Crippen LogP contribution in [0.5, 0.6) is 0 Å². The Morgan fingerprint density at radius 2 is 1.47 bits per heavy atom. The predicted molar refractivity (Wildman–Crippen MR) is 87.0 cm³/mol. The highest BCUT2D eigenvalue weighted by atomic mass is 79.9. The summed E-state index contributed by atoms with van der Waals surface area (Å²) in [5.41, 5.74) is 2.04. The third kappa shape index (κ3) is 3.56. The minimum Gasteiger partial charge on any atom is -0.355 e. The Bertz CT molecular complexity index is 534. The summed E-state index contributed by atoms with van der Waals surface area (Å²) in [6.07, 6.45) is 0. The fraction of sp³-hybridized carbons (Fsp3) is 0. The molecule has 0 amide bonds. The minimum absolute atomic E-state index is 1.01. The molecule has 2 aromatic carbocycles. The zero-order chi connectivity index (χ0) is 12.4. The minimum atomic E-state index is 1.01. The van der Waals surface area contributed by atoms with Crippen LogP contribution in [0.4, 0.5) is 11.4 Å². The zero-order valence-corrected chi connectivity index (χ0v) is 14.8. The maximum Gasteiger partial charge on any atom is 0.0552 e. The molecule has 2 aromatic rings. The lowest BCUT2D eigenvalue weighted by atomic mass is 10.3. The maximum absolute atomic E-state index is 3.54. The summed E-state index contributed by atoms with van der Waals surface area (Å²) in [5.74, 6) is 0. The van der Waals surface area contributed by atoms with Crippen LogP contribution in [0.15, 0.2) is 54.3 Å². The van der Waals surface area contributed by atoms with E-state index in [0.717, 1.165) is 29.3 Å². The number of benzene rings is 2. The molecule has 0 bridgehead atoms. The number of rotatable bonds is 2. The van der Waals surface area contributed by atoms with Gasteiger partial charge in [0.2, 0.25) is 0 Å². The van der Waals surface area contributed by atoms with Crippen molar-refractivity contribution >= 4 is 75.1 Å². The van der Waals surface area contributed by atoms with E-state index in [1.165, 1.54) is 0 Å². The first-order chi connectivity index (χ1) is 8.06. The Kier molecular flexibility index (Phi) is 4.69. The lowest BCUT2D eigenvalue weighted by Crippen LogP contribution is -1.91. The molecule has 2 rings (SSSR count). The van der Waals surface area contributed by atoms with Gasteiger partial charge in [0.05, 0.1) is 10.2 Å². The van der Waals surface area contributed by atoms with E-state index in [1.54, 1.807) is 0 Å². The molecular formula is C12H7Br4N. The first kappa shape index (κ1) is 13.6. The summed E-state index contributed by atoms with van der Waals surface area (Å²) >= 11 is 14.0. The summed E-state index contributed by atoms with van der Waals surface area (Å²) < 4.78 is 4.09. The molecule has 0 aromatic heterocycles. The predicted octanol–water partition coefficient (Wildman–Crippen LogP) is 6.48. The zero-order valence-electron chi connectivity index (χ0n) is 8.48. The second kappa shape index (κ2) is 5.87. The number of hydrogen-bond donors (Lipinski definition) is 1. The molecule has 1 nitrogen and oxygen atoms in total. The van der Waals surface area contributed by atoms with Crippen LogP contribution in [0.1, 0.15) is 0 Å². The van der Waals surface area contributed by atoms with Crippen LogP contribution in [0.25, 0.3) is 0 Å². The molecule has 0 aliphatic heterocycles. The first-order valence-corrected chi connectivity index (χ1v) is 7.90. The first-order valence-electron chi connectivity index (χ1n) is 4.73. The molecule has 88 valence electrons. The van der Waals surface area contributed by atoms with Crippen molar-refractivity contribution in [2.45, 2.75) is 0 Å². The van der Waals surface area contributed by atoms with Crippen molar-refractivity contribution < 1.29 is 0 Å². The fourth-order valence-corrected chi connectivity index (χ4v) is 3.41. The molecule has 0 heterocycles. The van der Waals surface area contributed by atoms with Gasteiger partial charge in [-0.2, -0.15) is 0 Å². The standard InChI is InChI=1S/C12H7Br4N/c13-7-4-8(14)6-9(5-7)17-11-3-1-2-10(15)12(11)16/h1-6,17H. The van der Waals surface area contributed by atoms with E-state index in [4.69, 9.17) is 0 Å². The maximum atomic E-state index is 3.54. The Morgan fingerprint density at radius 1 is 0.824 bits per heavy atom. The van der Waals surface area contributed by atoms with Crippen LogP contribution >= 0.6 is 63.7 Å². The lowest BCUT2D eigenvalue weighted by molar-refractivity contribution is 1.48. The van der Waals surface area contributed by atoms with E-state index in [-0.39, 0.29) is 0 Å². The second-order valence-electron chi connectivity index (χ2n) is 3.38. The van der Waals surface area contributed by atoms with Gasteiger partial charge in [0.15, 0.2) is 0 Å². The number of halogens is 4. The molecule has 0 aliphatic carbocycles. The highest BCUT2D eigenvalue weighted by molar-refractivity contribution is 9.13. The van der Waals surface area contributed by atoms with Gasteiger partial charge in [0, 0.05) is 19.1 Å². The summed E-state index contributed by atoms with van der Waals surface area (Å²) in [5, 5.41) is 3.36. The summed E-state index contributed by atoms with van der Waals surface area (Å²) in [4.78, 5) is 0. The SMILES string of the molecule is Brc1cc(Br)cc(Nc2cccc(Br)c2Br)c1. The molecular weight excluding hydrogens is 478 g/mol.